The number of hydrogen-bond acceptors (Lipinski definition) is 1. The van der Waals surface area contributed by atoms with Crippen LogP contribution in [0.1, 0.15) is 29.5 Å². The predicted octanol–water partition coefficient (Wildman–Crippen LogP) is 4.52. The van der Waals surface area contributed by atoms with Gasteiger partial charge in [-0.05, 0) is 61.6 Å². The van der Waals surface area contributed by atoms with Crippen LogP contribution in [0.25, 0.3) is 0 Å². The fourth-order valence-corrected chi connectivity index (χ4v) is 2.80. The quantitative estimate of drug-likeness (QED) is 0.418. The molecule has 5 heteroatoms. The van der Waals surface area contributed by atoms with Gasteiger partial charge in [-0.2, -0.15) is 0 Å². The van der Waals surface area contributed by atoms with E-state index in [9.17, 15) is 4.39 Å². The molecule has 0 heterocycles. The van der Waals surface area contributed by atoms with Gasteiger partial charge in [0.1, 0.15) is 5.82 Å². The van der Waals surface area contributed by atoms with Crippen LogP contribution in [0.4, 0.5) is 10.1 Å². The van der Waals surface area contributed by atoms with Crippen molar-refractivity contribution in [1.29, 1.82) is 0 Å². The molecule has 1 saturated carbocycles. The summed E-state index contributed by atoms with van der Waals surface area (Å²) in [5.41, 5.74) is 9.92. The summed E-state index contributed by atoms with van der Waals surface area (Å²) in [4.78, 5) is 4.44. The van der Waals surface area contributed by atoms with E-state index in [1.807, 2.05) is 30.3 Å². The Morgan fingerprint density at radius 2 is 1.88 bits per heavy atom. The number of anilines is 1. The second-order valence-electron chi connectivity index (χ2n) is 6.39. The smallest absolute Gasteiger partial charge is 0.193 e. The number of halogens is 2. The Labute approximate surface area is 159 Å². The molecule has 2 aromatic carbocycles. The normalized spacial score (nSPS) is 15.5. The maximum Gasteiger partial charge on any atom is 0.193 e. The van der Waals surface area contributed by atoms with Crippen LogP contribution in [-0.4, -0.2) is 12.5 Å². The molecule has 0 bridgehead atoms. The Morgan fingerprint density at radius 3 is 2.50 bits per heavy atom. The van der Waals surface area contributed by atoms with E-state index in [0.717, 1.165) is 24.1 Å². The molecule has 3 rings (SSSR count). The van der Waals surface area contributed by atoms with Gasteiger partial charge >= 0.3 is 0 Å². The highest BCUT2D eigenvalue weighted by molar-refractivity contribution is 14.0. The van der Waals surface area contributed by atoms with Crippen LogP contribution >= 0.6 is 24.0 Å². The number of nitrogens with zero attached hydrogens (tertiary/aromatic N) is 1. The number of rotatable bonds is 4. The first-order valence-corrected chi connectivity index (χ1v) is 7.89. The van der Waals surface area contributed by atoms with Crippen molar-refractivity contribution in [1.82, 2.24) is 0 Å². The molecule has 24 heavy (non-hydrogen) atoms. The number of benzene rings is 2. The van der Waals surface area contributed by atoms with Crippen molar-refractivity contribution in [2.45, 2.75) is 32.1 Å². The van der Waals surface area contributed by atoms with Crippen LogP contribution in [-0.2, 0) is 5.41 Å². The third-order valence-corrected chi connectivity index (χ3v) is 4.63. The van der Waals surface area contributed by atoms with Crippen molar-refractivity contribution in [2.24, 2.45) is 10.7 Å². The lowest BCUT2D eigenvalue weighted by atomic mass is 9.95. The molecule has 1 fully saturated rings. The lowest BCUT2D eigenvalue weighted by Gasteiger charge is -2.15. The molecule has 0 radical (unpaired) electrons. The highest BCUT2D eigenvalue weighted by atomic mass is 127. The van der Waals surface area contributed by atoms with E-state index in [4.69, 9.17) is 5.73 Å². The fourth-order valence-electron chi connectivity index (χ4n) is 2.80. The second kappa shape index (κ2) is 7.51. The molecule has 0 aromatic heterocycles. The molecule has 0 spiro atoms. The molecule has 0 aliphatic heterocycles. The van der Waals surface area contributed by atoms with Gasteiger partial charge in [-0.3, -0.25) is 4.99 Å². The van der Waals surface area contributed by atoms with Gasteiger partial charge in [-0.1, -0.05) is 24.3 Å². The van der Waals surface area contributed by atoms with Gasteiger partial charge in [0.05, 0.1) is 6.54 Å². The third-order valence-electron chi connectivity index (χ3n) is 4.63. The SMILES string of the molecule is Cc1ccc(NC(N)=NCC2(c3ccccc3F)CC2)cc1C.I. The Morgan fingerprint density at radius 1 is 1.17 bits per heavy atom. The predicted molar refractivity (Wildman–Crippen MR) is 109 cm³/mol. The number of guanidine groups is 1. The highest BCUT2D eigenvalue weighted by Crippen LogP contribution is 2.49. The molecule has 0 saturated heterocycles. The maximum absolute atomic E-state index is 14.0. The average molecular weight is 439 g/mol. The molecular formula is C19H23FIN3. The van der Waals surface area contributed by atoms with Gasteiger partial charge < -0.3 is 11.1 Å². The molecule has 128 valence electrons. The lowest BCUT2D eigenvalue weighted by molar-refractivity contribution is 0.573. The zero-order valence-electron chi connectivity index (χ0n) is 14.0. The van der Waals surface area contributed by atoms with E-state index in [1.165, 1.54) is 17.2 Å². The monoisotopic (exact) mass is 439 g/mol. The first kappa shape index (κ1) is 18.7. The van der Waals surface area contributed by atoms with Crippen molar-refractivity contribution in [3.63, 3.8) is 0 Å². The number of nitrogens with two attached hydrogens (primary N) is 1. The van der Waals surface area contributed by atoms with E-state index in [2.05, 4.69) is 24.2 Å². The summed E-state index contributed by atoms with van der Waals surface area (Å²) >= 11 is 0. The fraction of sp³-hybridized carbons (Fsp3) is 0.316. The maximum atomic E-state index is 14.0. The third kappa shape index (κ3) is 4.06. The summed E-state index contributed by atoms with van der Waals surface area (Å²) in [6, 6.07) is 13.0. The van der Waals surface area contributed by atoms with E-state index >= 15 is 0 Å². The summed E-state index contributed by atoms with van der Waals surface area (Å²) in [5, 5.41) is 3.11. The van der Waals surface area contributed by atoms with Crippen LogP contribution < -0.4 is 11.1 Å². The molecule has 3 N–H and O–H groups in total. The summed E-state index contributed by atoms with van der Waals surface area (Å²) < 4.78 is 14.0. The number of aryl methyl sites for hydroxylation is 2. The number of nitrogens with one attached hydrogen (secondary N) is 1. The first-order chi connectivity index (χ1) is 11.0. The highest BCUT2D eigenvalue weighted by Gasteiger charge is 2.45. The molecule has 0 amide bonds. The van der Waals surface area contributed by atoms with Gasteiger partial charge in [-0.25, -0.2) is 4.39 Å². The van der Waals surface area contributed by atoms with E-state index in [1.54, 1.807) is 6.07 Å². The Kier molecular flexibility index (Phi) is 5.85. The van der Waals surface area contributed by atoms with Crippen LogP contribution in [0.5, 0.6) is 0 Å². The Bertz CT molecular complexity index is 754. The minimum Gasteiger partial charge on any atom is -0.370 e. The second-order valence-corrected chi connectivity index (χ2v) is 6.39. The van der Waals surface area contributed by atoms with Crippen LogP contribution in [0.3, 0.4) is 0 Å². The van der Waals surface area contributed by atoms with Gasteiger partial charge in [0.15, 0.2) is 5.96 Å². The van der Waals surface area contributed by atoms with Gasteiger partial charge in [0, 0.05) is 11.1 Å². The summed E-state index contributed by atoms with van der Waals surface area (Å²) in [6.07, 6.45) is 1.91. The standard InChI is InChI=1S/C19H22FN3.HI/c1-13-7-8-15(11-14(13)2)23-18(21)22-12-19(9-10-19)16-5-3-4-6-17(16)20;/h3-8,11H,9-10,12H2,1-2H3,(H3,21,22,23);1H. The first-order valence-electron chi connectivity index (χ1n) is 7.89. The molecule has 1 aliphatic rings. The van der Waals surface area contributed by atoms with Crippen LogP contribution in [0.15, 0.2) is 47.5 Å². The zero-order valence-corrected chi connectivity index (χ0v) is 16.3. The molecule has 0 unspecified atom stereocenters. The van der Waals surface area contributed by atoms with Crippen molar-refractivity contribution >= 4 is 35.6 Å². The van der Waals surface area contributed by atoms with E-state index in [0.29, 0.717) is 12.5 Å². The van der Waals surface area contributed by atoms with Crippen molar-refractivity contribution in [3.05, 3.63) is 65.0 Å². The largest absolute Gasteiger partial charge is 0.370 e. The number of hydrogen-bond donors (Lipinski definition) is 2. The van der Waals surface area contributed by atoms with Gasteiger partial charge in [0.2, 0.25) is 0 Å². The number of aliphatic imine (C=N–C) groups is 1. The topological polar surface area (TPSA) is 50.4 Å². The van der Waals surface area contributed by atoms with Gasteiger partial charge in [-0.15, -0.1) is 24.0 Å². The van der Waals surface area contributed by atoms with E-state index < -0.39 is 0 Å². The minimum absolute atomic E-state index is 0. The van der Waals surface area contributed by atoms with E-state index in [-0.39, 0.29) is 35.2 Å². The Balaban J connectivity index is 0.00000208. The molecular weight excluding hydrogens is 416 g/mol. The zero-order chi connectivity index (χ0) is 16.4. The average Bonchev–Trinajstić information content (AvgIpc) is 3.30. The molecule has 1 aliphatic carbocycles. The van der Waals surface area contributed by atoms with Crippen molar-refractivity contribution in [3.8, 4) is 0 Å². The van der Waals surface area contributed by atoms with Crippen molar-refractivity contribution in [2.75, 3.05) is 11.9 Å². The lowest BCUT2D eigenvalue weighted by Crippen LogP contribution is -2.25. The summed E-state index contributed by atoms with van der Waals surface area (Å²) in [5.74, 6) is 0.219. The molecule has 2 aromatic rings. The van der Waals surface area contributed by atoms with Crippen LogP contribution in [0, 0.1) is 19.7 Å². The summed E-state index contributed by atoms with van der Waals surface area (Å²) in [6.45, 7) is 4.64. The minimum atomic E-state index is -0.180. The van der Waals surface area contributed by atoms with Crippen molar-refractivity contribution < 1.29 is 4.39 Å². The molecule has 3 nitrogen and oxygen atoms in total. The summed E-state index contributed by atoms with van der Waals surface area (Å²) in [7, 11) is 0. The Hall–Kier alpha value is -1.63. The van der Waals surface area contributed by atoms with Crippen LogP contribution in [0.2, 0.25) is 0 Å². The molecule has 0 atom stereocenters. The van der Waals surface area contributed by atoms with Gasteiger partial charge in [0.25, 0.3) is 0 Å².